The van der Waals surface area contributed by atoms with Crippen LogP contribution in [0.1, 0.15) is 6.42 Å². The third-order valence-electron chi connectivity index (χ3n) is 3.18. The second kappa shape index (κ2) is 5.14. The highest BCUT2D eigenvalue weighted by molar-refractivity contribution is 5.88. The number of anilines is 1. The molecule has 0 saturated heterocycles. The van der Waals surface area contributed by atoms with E-state index >= 15 is 0 Å². The minimum absolute atomic E-state index is 0.864. The van der Waals surface area contributed by atoms with Gasteiger partial charge in [0.1, 0.15) is 12.1 Å². The lowest BCUT2D eigenvalue weighted by Crippen LogP contribution is -2.23. The molecule has 2 N–H and O–H groups in total. The highest BCUT2D eigenvalue weighted by atomic mass is 15.0. The minimum atomic E-state index is 0.864. The first kappa shape index (κ1) is 11.2. The van der Waals surface area contributed by atoms with E-state index in [0.29, 0.717) is 0 Å². The highest BCUT2D eigenvalue weighted by Gasteiger charge is 2.05. The van der Waals surface area contributed by atoms with Crippen molar-refractivity contribution in [2.75, 3.05) is 25.0 Å². The van der Waals surface area contributed by atoms with Crippen molar-refractivity contribution in [1.82, 2.24) is 15.3 Å². The fourth-order valence-corrected chi connectivity index (χ4v) is 2.17. The fourth-order valence-electron chi connectivity index (χ4n) is 2.17. The number of hydrogen-bond donors (Lipinski definition) is 2. The maximum Gasteiger partial charge on any atom is 0.137 e. The van der Waals surface area contributed by atoms with Crippen molar-refractivity contribution < 1.29 is 0 Å². The molecule has 1 aliphatic rings. The predicted molar refractivity (Wildman–Crippen MR) is 73.6 cm³/mol. The van der Waals surface area contributed by atoms with Crippen LogP contribution in [-0.2, 0) is 0 Å². The normalized spacial score (nSPS) is 15.4. The van der Waals surface area contributed by atoms with Crippen LogP contribution in [0.15, 0.2) is 42.2 Å². The zero-order valence-electron chi connectivity index (χ0n) is 10.2. The number of aromatic nitrogens is 2. The van der Waals surface area contributed by atoms with Gasteiger partial charge in [0.25, 0.3) is 0 Å². The molecule has 0 fully saturated rings. The molecule has 0 saturated carbocycles. The molecule has 2 aromatic rings. The summed E-state index contributed by atoms with van der Waals surface area (Å²) in [6.45, 7) is 2.91. The SMILES string of the molecule is C1=C(CNc2ncnc3ccccc23)CCNC1. The molecule has 0 atom stereocenters. The number of rotatable bonds is 3. The second-order valence-corrected chi connectivity index (χ2v) is 4.41. The van der Waals surface area contributed by atoms with Gasteiger partial charge in [0.2, 0.25) is 0 Å². The second-order valence-electron chi connectivity index (χ2n) is 4.41. The monoisotopic (exact) mass is 240 g/mol. The number of hydrogen-bond acceptors (Lipinski definition) is 4. The van der Waals surface area contributed by atoms with Crippen molar-refractivity contribution in [3.63, 3.8) is 0 Å². The number of fused-ring (bicyclic) bond motifs is 1. The first-order chi connectivity index (χ1) is 8.93. The van der Waals surface area contributed by atoms with Crippen molar-refractivity contribution in [1.29, 1.82) is 0 Å². The summed E-state index contributed by atoms with van der Waals surface area (Å²) in [5, 5.41) is 7.80. The van der Waals surface area contributed by atoms with E-state index in [2.05, 4.69) is 32.7 Å². The summed E-state index contributed by atoms with van der Waals surface area (Å²) in [5.41, 5.74) is 2.42. The molecule has 18 heavy (non-hydrogen) atoms. The van der Waals surface area contributed by atoms with Gasteiger partial charge < -0.3 is 10.6 Å². The topological polar surface area (TPSA) is 49.8 Å². The Morgan fingerprint density at radius 3 is 3.06 bits per heavy atom. The van der Waals surface area contributed by atoms with E-state index < -0.39 is 0 Å². The third kappa shape index (κ3) is 2.33. The molecule has 0 unspecified atom stereocenters. The van der Waals surface area contributed by atoms with Crippen molar-refractivity contribution in [3.8, 4) is 0 Å². The molecular weight excluding hydrogens is 224 g/mol. The van der Waals surface area contributed by atoms with Gasteiger partial charge in [0, 0.05) is 18.5 Å². The van der Waals surface area contributed by atoms with Gasteiger partial charge in [-0.05, 0) is 25.1 Å². The first-order valence-corrected chi connectivity index (χ1v) is 6.26. The summed E-state index contributed by atoms with van der Waals surface area (Å²) in [6, 6.07) is 8.07. The van der Waals surface area contributed by atoms with Gasteiger partial charge in [-0.1, -0.05) is 23.8 Å². The Morgan fingerprint density at radius 1 is 1.22 bits per heavy atom. The summed E-state index contributed by atoms with van der Waals surface area (Å²) in [6.07, 6.45) is 4.97. The summed E-state index contributed by atoms with van der Waals surface area (Å²) >= 11 is 0. The van der Waals surface area contributed by atoms with Crippen LogP contribution < -0.4 is 10.6 Å². The molecule has 0 bridgehead atoms. The van der Waals surface area contributed by atoms with Crippen LogP contribution in [0.4, 0.5) is 5.82 Å². The zero-order chi connectivity index (χ0) is 12.2. The van der Waals surface area contributed by atoms with E-state index in [1.165, 1.54) is 5.57 Å². The van der Waals surface area contributed by atoms with E-state index in [1.807, 2.05) is 18.2 Å². The molecule has 0 radical (unpaired) electrons. The lowest BCUT2D eigenvalue weighted by Gasteiger charge is -2.15. The minimum Gasteiger partial charge on any atom is -0.366 e. The van der Waals surface area contributed by atoms with Crippen molar-refractivity contribution >= 4 is 16.7 Å². The lowest BCUT2D eigenvalue weighted by molar-refractivity contribution is 0.698. The Labute approximate surface area is 106 Å². The highest BCUT2D eigenvalue weighted by Crippen LogP contribution is 2.18. The average molecular weight is 240 g/mol. The molecule has 0 spiro atoms. The maximum absolute atomic E-state index is 4.33. The quantitative estimate of drug-likeness (QED) is 0.805. The van der Waals surface area contributed by atoms with E-state index in [9.17, 15) is 0 Å². The van der Waals surface area contributed by atoms with E-state index in [1.54, 1.807) is 6.33 Å². The molecule has 4 heteroatoms. The number of nitrogens with one attached hydrogen (secondary N) is 2. The van der Waals surface area contributed by atoms with Crippen molar-refractivity contribution in [2.24, 2.45) is 0 Å². The van der Waals surface area contributed by atoms with Crippen LogP contribution in [0.5, 0.6) is 0 Å². The van der Waals surface area contributed by atoms with E-state index in [-0.39, 0.29) is 0 Å². The molecule has 1 aromatic carbocycles. The number of para-hydroxylation sites is 1. The van der Waals surface area contributed by atoms with Gasteiger partial charge in [-0.2, -0.15) is 0 Å². The van der Waals surface area contributed by atoms with Gasteiger partial charge in [-0.15, -0.1) is 0 Å². The van der Waals surface area contributed by atoms with Crippen LogP contribution in [0.3, 0.4) is 0 Å². The Hall–Kier alpha value is -1.94. The molecule has 1 aliphatic heterocycles. The number of nitrogens with zero attached hydrogens (tertiary/aromatic N) is 2. The van der Waals surface area contributed by atoms with Crippen LogP contribution in [0.25, 0.3) is 10.9 Å². The molecule has 1 aromatic heterocycles. The average Bonchev–Trinajstić information content (AvgIpc) is 2.46. The third-order valence-corrected chi connectivity index (χ3v) is 3.18. The predicted octanol–water partition coefficient (Wildman–Crippen LogP) is 1.96. The van der Waals surface area contributed by atoms with Gasteiger partial charge in [-0.3, -0.25) is 0 Å². The molecule has 92 valence electrons. The summed E-state index contributed by atoms with van der Waals surface area (Å²) in [5.74, 6) is 0.917. The summed E-state index contributed by atoms with van der Waals surface area (Å²) < 4.78 is 0. The molecule has 4 nitrogen and oxygen atoms in total. The number of benzene rings is 1. The van der Waals surface area contributed by atoms with Gasteiger partial charge >= 0.3 is 0 Å². The summed E-state index contributed by atoms with van der Waals surface area (Å²) in [4.78, 5) is 8.59. The fraction of sp³-hybridized carbons (Fsp3) is 0.286. The van der Waals surface area contributed by atoms with E-state index in [0.717, 1.165) is 42.8 Å². The Kier molecular flexibility index (Phi) is 3.19. The van der Waals surface area contributed by atoms with E-state index in [4.69, 9.17) is 0 Å². The molecule has 2 heterocycles. The van der Waals surface area contributed by atoms with Crippen LogP contribution in [-0.4, -0.2) is 29.6 Å². The van der Waals surface area contributed by atoms with Crippen LogP contribution in [0, 0.1) is 0 Å². The van der Waals surface area contributed by atoms with Gasteiger partial charge in [0.05, 0.1) is 5.52 Å². The molecule has 0 aliphatic carbocycles. The van der Waals surface area contributed by atoms with Crippen molar-refractivity contribution in [3.05, 3.63) is 42.2 Å². The van der Waals surface area contributed by atoms with Crippen LogP contribution >= 0.6 is 0 Å². The first-order valence-electron chi connectivity index (χ1n) is 6.26. The molecule has 3 rings (SSSR count). The molecular formula is C14H16N4. The standard InChI is InChI=1S/C14H16N4/c1-2-4-13-12(3-1)14(18-10-17-13)16-9-11-5-7-15-8-6-11/h1-5,10,15H,6-9H2,(H,16,17,18). The van der Waals surface area contributed by atoms with Crippen LogP contribution in [0.2, 0.25) is 0 Å². The maximum atomic E-state index is 4.33. The lowest BCUT2D eigenvalue weighted by atomic mass is 10.1. The summed E-state index contributed by atoms with van der Waals surface area (Å²) in [7, 11) is 0. The van der Waals surface area contributed by atoms with Gasteiger partial charge in [0.15, 0.2) is 0 Å². The van der Waals surface area contributed by atoms with Crippen molar-refractivity contribution in [2.45, 2.75) is 6.42 Å². The van der Waals surface area contributed by atoms with Gasteiger partial charge in [-0.25, -0.2) is 9.97 Å². The smallest absolute Gasteiger partial charge is 0.137 e. The Bertz CT molecular complexity index is 572. The Morgan fingerprint density at radius 2 is 2.17 bits per heavy atom. The largest absolute Gasteiger partial charge is 0.366 e. The Balaban J connectivity index is 1.80. The zero-order valence-corrected chi connectivity index (χ0v) is 10.2. The molecule has 0 amide bonds.